The standard InChI is InChI=1S/C22H22O3P2/c1-22(2,3)27(25)19-15-14-18(23)20(24)21(19)26(16-10-6-4-7-11-16)17-12-8-5-9-13-17/h4-15H,1-3H3,(H-,23,24,25)/p+1. The van der Waals surface area contributed by atoms with Crippen LogP contribution in [0.4, 0.5) is 0 Å². The molecule has 0 heterocycles. The lowest BCUT2D eigenvalue weighted by atomic mass is 10.3. The third-order valence-corrected chi connectivity index (χ3v) is 8.92. The molecule has 0 aliphatic carbocycles. The van der Waals surface area contributed by atoms with Crippen molar-refractivity contribution in [2.75, 3.05) is 0 Å². The highest BCUT2D eigenvalue weighted by molar-refractivity contribution is 7.81. The molecule has 3 nitrogen and oxygen atoms in total. The molecule has 0 fully saturated rings. The van der Waals surface area contributed by atoms with Crippen LogP contribution in [0.1, 0.15) is 20.8 Å². The molecule has 1 atom stereocenters. The molecule has 0 aromatic heterocycles. The van der Waals surface area contributed by atoms with Crippen molar-refractivity contribution in [1.29, 1.82) is 0 Å². The fourth-order valence-corrected chi connectivity index (χ4v) is 7.05. The Morgan fingerprint density at radius 1 is 0.778 bits per heavy atom. The summed E-state index contributed by atoms with van der Waals surface area (Å²) in [5.41, 5.74) is 0. The molecule has 0 saturated heterocycles. The number of benzene rings is 3. The lowest BCUT2D eigenvalue weighted by Gasteiger charge is -2.21. The second-order valence-corrected chi connectivity index (χ2v) is 11.8. The van der Waals surface area contributed by atoms with Crippen molar-refractivity contribution in [3.63, 3.8) is 0 Å². The molecule has 3 rings (SSSR count). The largest absolute Gasteiger partial charge is 0.504 e. The molecule has 0 bridgehead atoms. The van der Waals surface area contributed by atoms with Crippen molar-refractivity contribution in [2.24, 2.45) is 0 Å². The maximum Gasteiger partial charge on any atom is 0.383 e. The minimum absolute atomic E-state index is 0.182. The SMILES string of the molecule is CC(C)(C)[P+](=O)c1ccc(O)c(O)c1P(c1ccccc1)c1ccccc1. The van der Waals surface area contributed by atoms with Crippen LogP contribution in [0.3, 0.4) is 0 Å². The van der Waals surface area contributed by atoms with Crippen molar-refractivity contribution >= 4 is 36.9 Å². The zero-order valence-corrected chi connectivity index (χ0v) is 17.4. The third kappa shape index (κ3) is 4.05. The summed E-state index contributed by atoms with van der Waals surface area (Å²) in [7, 11) is -2.96. The van der Waals surface area contributed by atoms with Gasteiger partial charge in [0.2, 0.25) is 5.30 Å². The van der Waals surface area contributed by atoms with Crippen LogP contribution in [-0.2, 0) is 4.57 Å². The van der Waals surface area contributed by atoms with Crippen LogP contribution in [-0.4, -0.2) is 15.4 Å². The van der Waals surface area contributed by atoms with Gasteiger partial charge in [-0.2, -0.15) is 0 Å². The van der Waals surface area contributed by atoms with Crippen molar-refractivity contribution in [3.8, 4) is 11.5 Å². The fraction of sp³-hybridized carbons (Fsp3) is 0.182. The molecule has 0 aliphatic rings. The molecule has 0 spiro atoms. The summed E-state index contributed by atoms with van der Waals surface area (Å²) < 4.78 is 13.3. The van der Waals surface area contributed by atoms with Crippen LogP contribution >= 0.6 is 15.7 Å². The van der Waals surface area contributed by atoms with Gasteiger partial charge < -0.3 is 10.2 Å². The summed E-state index contributed by atoms with van der Waals surface area (Å²) in [5.74, 6) is -0.371. The highest BCUT2D eigenvalue weighted by Gasteiger charge is 2.41. The fourth-order valence-electron chi connectivity index (χ4n) is 2.87. The quantitative estimate of drug-likeness (QED) is 0.515. The molecule has 2 N–H and O–H groups in total. The second-order valence-electron chi connectivity index (χ2n) is 7.27. The summed E-state index contributed by atoms with van der Waals surface area (Å²) in [6.45, 7) is 5.77. The average molecular weight is 397 g/mol. The second kappa shape index (κ2) is 7.80. The molecule has 138 valence electrons. The minimum atomic E-state index is -1.78. The van der Waals surface area contributed by atoms with Crippen LogP contribution in [0.5, 0.6) is 11.5 Å². The number of phenolic OH excluding ortho intramolecular Hbond substituents is 2. The Labute approximate surface area is 162 Å². The lowest BCUT2D eigenvalue weighted by molar-refractivity contribution is 0.407. The van der Waals surface area contributed by atoms with Crippen LogP contribution in [0, 0.1) is 0 Å². The van der Waals surface area contributed by atoms with Gasteiger partial charge in [-0.3, -0.25) is 0 Å². The molecule has 27 heavy (non-hydrogen) atoms. The van der Waals surface area contributed by atoms with Gasteiger partial charge in [-0.25, -0.2) is 0 Å². The summed E-state index contributed by atoms with van der Waals surface area (Å²) in [4.78, 5) is 0. The van der Waals surface area contributed by atoms with E-state index in [1.54, 1.807) is 6.07 Å². The molecular formula is C22H23O3P2+. The van der Waals surface area contributed by atoms with Gasteiger partial charge in [0.15, 0.2) is 16.7 Å². The van der Waals surface area contributed by atoms with Crippen molar-refractivity contribution in [2.45, 2.75) is 25.9 Å². The summed E-state index contributed by atoms with van der Waals surface area (Å²) in [6.07, 6.45) is 0. The predicted octanol–water partition coefficient (Wildman–Crippen LogP) is 4.11. The Hall–Kier alpha value is -2.21. The Balaban J connectivity index is 2.33. The molecule has 0 aliphatic heterocycles. The zero-order chi connectivity index (χ0) is 19.6. The molecule has 1 unspecified atom stereocenters. The maximum atomic E-state index is 13.3. The van der Waals surface area contributed by atoms with Crippen LogP contribution in [0.2, 0.25) is 0 Å². The van der Waals surface area contributed by atoms with E-state index in [9.17, 15) is 14.8 Å². The molecule has 3 aromatic carbocycles. The first kappa shape index (κ1) is 19.5. The van der Waals surface area contributed by atoms with E-state index in [2.05, 4.69) is 0 Å². The summed E-state index contributed by atoms with van der Waals surface area (Å²) in [6, 6.07) is 22.9. The van der Waals surface area contributed by atoms with Crippen molar-refractivity contribution in [1.82, 2.24) is 0 Å². The van der Waals surface area contributed by atoms with Gasteiger partial charge in [-0.05, 0) is 51.4 Å². The first-order chi connectivity index (χ1) is 12.8. The number of hydrogen-bond acceptors (Lipinski definition) is 3. The number of rotatable bonds is 4. The smallest absolute Gasteiger partial charge is 0.383 e. The monoisotopic (exact) mass is 397 g/mol. The Morgan fingerprint density at radius 3 is 1.70 bits per heavy atom. The number of hydrogen-bond donors (Lipinski definition) is 2. The van der Waals surface area contributed by atoms with E-state index in [0.717, 1.165) is 10.6 Å². The highest BCUT2D eigenvalue weighted by atomic mass is 31.1. The van der Waals surface area contributed by atoms with Gasteiger partial charge in [0.05, 0.1) is 5.30 Å². The van der Waals surface area contributed by atoms with E-state index >= 15 is 0 Å². The Kier molecular flexibility index (Phi) is 5.65. The van der Waals surface area contributed by atoms with Gasteiger partial charge in [0, 0.05) is 0 Å². The molecule has 5 heteroatoms. The molecule has 0 saturated carbocycles. The minimum Gasteiger partial charge on any atom is -0.504 e. The Bertz CT molecular complexity index is 909. The normalized spacial score (nSPS) is 12.2. The third-order valence-electron chi connectivity index (χ3n) is 4.19. The van der Waals surface area contributed by atoms with Gasteiger partial charge in [0.1, 0.15) is 0 Å². The lowest BCUT2D eigenvalue weighted by Crippen LogP contribution is -2.32. The Morgan fingerprint density at radius 2 is 1.26 bits per heavy atom. The number of phenols is 2. The maximum absolute atomic E-state index is 13.3. The summed E-state index contributed by atoms with van der Waals surface area (Å²) in [5, 5.41) is 23.8. The van der Waals surface area contributed by atoms with Crippen molar-refractivity contribution in [3.05, 3.63) is 72.8 Å². The number of aromatic hydroxyl groups is 2. The van der Waals surface area contributed by atoms with Gasteiger partial charge in [-0.1, -0.05) is 65.2 Å². The van der Waals surface area contributed by atoms with E-state index < -0.39 is 20.9 Å². The first-order valence-electron chi connectivity index (χ1n) is 8.73. The molecule has 3 aromatic rings. The van der Waals surface area contributed by atoms with Gasteiger partial charge in [-0.15, -0.1) is 0 Å². The van der Waals surface area contributed by atoms with E-state index in [4.69, 9.17) is 0 Å². The predicted molar refractivity (Wildman–Crippen MR) is 115 cm³/mol. The van der Waals surface area contributed by atoms with E-state index in [1.165, 1.54) is 6.07 Å². The van der Waals surface area contributed by atoms with Gasteiger partial charge in [0.25, 0.3) is 0 Å². The molecule has 0 radical (unpaired) electrons. The molecule has 0 amide bonds. The van der Waals surface area contributed by atoms with E-state index in [0.29, 0.717) is 10.6 Å². The average Bonchev–Trinajstić information content (AvgIpc) is 2.66. The van der Waals surface area contributed by atoms with Gasteiger partial charge >= 0.3 is 7.80 Å². The topological polar surface area (TPSA) is 57.5 Å². The highest BCUT2D eigenvalue weighted by Crippen LogP contribution is 2.44. The van der Waals surface area contributed by atoms with Crippen LogP contribution < -0.4 is 21.2 Å². The first-order valence-corrected chi connectivity index (χ1v) is 11.3. The van der Waals surface area contributed by atoms with E-state index in [-0.39, 0.29) is 11.5 Å². The summed E-state index contributed by atoms with van der Waals surface area (Å²) >= 11 is 0. The van der Waals surface area contributed by atoms with Crippen molar-refractivity contribution < 1.29 is 14.8 Å². The molecular weight excluding hydrogens is 374 g/mol. The zero-order valence-electron chi connectivity index (χ0n) is 15.6. The van der Waals surface area contributed by atoms with E-state index in [1.807, 2.05) is 81.4 Å². The van der Waals surface area contributed by atoms with Crippen LogP contribution in [0.25, 0.3) is 0 Å². The van der Waals surface area contributed by atoms with Crippen LogP contribution in [0.15, 0.2) is 72.8 Å².